The van der Waals surface area contributed by atoms with Crippen LogP contribution >= 0.6 is 0 Å². The first-order chi connectivity index (χ1) is 7.54. The fourth-order valence-electron chi connectivity index (χ4n) is 1.79. The summed E-state index contributed by atoms with van der Waals surface area (Å²) in [5.74, 6) is 1.13. The van der Waals surface area contributed by atoms with Gasteiger partial charge in [0.1, 0.15) is 5.75 Å². The zero-order valence-corrected chi connectivity index (χ0v) is 9.96. The summed E-state index contributed by atoms with van der Waals surface area (Å²) >= 11 is 0. The molecule has 0 aromatic heterocycles. The van der Waals surface area contributed by atoms with Gasteiger partial charge in [0.25, 0.3) is 0 Å². The lowest BCUT2D eigenvalue weighted by atomic mass is 9.97. The van der Waals surface area contributed by atoms with E-state index in [0.29, 0.717) is 13.2 Å². The van der Waals surface area contributed by atoms with Crippen molar-refractivity contribution in [1.29, 1.82) is 0 Å². The molecule has 1 heterocycles. The van der Waals surface area contributed by atoms with Crippen LogP contribution < -0.4 is 9.46 Å². The van der Waals surface area contributed by atoms with E-state index in [9.17, 15) is 8.42 Å². The van der Waals surface area contributed by atoms with Crippen LogP contribution in [0.4, 0.5) is 0 Å². The number of ether oxygens (including phenoxy) is 1. The van der Waals surface area contributed by atoms with E-state index in [1.807, 2.05) is 24.3 Å². The number of nitrogens with one attached hydrogen (secondary N) is 1. The van der Waals surface area contributed by atoms with Gasteiger partial charge in [-0.1, -0.05) is 18.2 Å². The SMILES string of the molecule is CS(=O)(=O)NCC1COc2ccccc2C1. The molecule has 5 heteroatoms. The second-order valence-corrected chi connectivity index (χ2v) is 5.94. The first-order valence-corrected chi connectivity index (χ1v) is 7.09. The Bertz CT molecular complexity index is 470. The van der Waals surface area contributed by atoms with Crippen molar-refractivity contribution in [1.82, 2.24) is 4.72 Å². The van der Waals surface area contributed by atoms with Crippen LogP contribution in [0.5, 0.6) is 5.75 Å². The van der Waals surface area contributed by atoms with Gasteiger partial charge in [0.15, 0.2) is 0 Å². The van der Waals surface area contributed by atoms with E-state index in [0.717, 1.165) is 17.7 Å². The van der Waals surface area contributed by atoms with Crippen molar-refractivity contribution in [3.63, 3.8) is 0 Å². The molecule has 0 aliphatic carbocycles. The largest absolute Gasteiger partial charge is 0.493 e. The molecule has 16 heavy (non-hydrogen) atoms. The molecule has 0 spiro atoms. The second-order valence-electron chi connectivity index (χ2n) is 4.11. The first-order valence-electron chi connectivity index (χ1n) is 5.20. The highest BCUT2D eigenvalue weighted by Crippen LogP contribution is 2.26. The Morgan fingerprint density at radius 1 is 1.44 bits per heavy atom. The van der Waals surface area contributed by atoms with Gasteiger partial charge < -0.3 is 4.74 Å². The lowest BCUT2D eigenvalue weighted by Crippen LogP contribution is -2.34. The minimum absolute atomic E-state index is 0.213. The Labute approximate surface area is 95.7 Å². The van der Waals surface area contributed by atoms with E-state index in [1.165, 1.54) is 6.26 Å². The average Bonchev–Trinajstić information content (AvgIpc) is 2.25. The molecule has 88 valence electrons. The minimum atomic E-state index is -3.11. The van der Waals surface area contributed by atoms with Crippen LogP contribution in [0.25, 0.3) is 0 Å². The summed E-state index contributed by atoms with van der Waals surface area (Å²) < 4.78 is 30.0. The number of hydrogen-bond acceptors (Lipinski definition) is 3. The molecule has 1 unspecified atom stereocenters. The molecular weight excluding hydrogens is 226 g/mol. The predicted molar refractivity (Wildman–Crippen MR) is 62.0 cm³/mol. The van der Waals surface area contributed by atoms with Crippen LogP contribution in [-0.2, 0) is 16.4 Å². The quantitative estimate of drug-likeness (QED) is 0.851. The third-order valence-electron chi connectivity index (χ3n) is 2.59. The van der Waals surface area contributed by atoms with Gasteiger partial charge in [-0.2, -0.15) is 0 Å². The molecule has 1 aromatic rings. The van der Waals surface area contributed by atoms with Gasteiger partial charge in [0.2, 0.25) is 10.0 Å². The molecule has 1 N–H and O–H groups in total. The molecule has 0 saturated carbocycles. The molecule has 4 nitrogen and oxygen atoms in total. The van der Waals surface area contributed by atoms with Gasteiger partial charge in [-0.3, -0.25) is 0 Å². The number of rotatable bonds is 3. The maximum Gasteiger partial charge on any atom is 0.208 e. The van der Waals surface area contributed by atoms with Gasteiger partial charge in [-0.25, -0.2) is 13.1 Å². The fourth-order valence-corrected chi connectivity index (χ4v) is 2.33. The molecule has 0 amide bonds. The highest BCUT2D eigenvalue weighted by atomic mass is 32.2. The second kappa shape index (κ2) is 4.43. The highest BCUT2D eigenvalue weighted by molar-refractivity contribution is 7.88. The van der Waals surface area contributed by atoms with Crippen molar-refractivity contribution < 1.29 is 13.2 Å². The van der Waals surface area contributed by atoms with E-state index in [4.69, 9.17) is 4.74 Å². The number of sulfonamides is 1. The molecule has 2 rings (SSSR count). The van der Waals surface area contributed by atoms with Crippen molar-refractivity contribution in [3.05, 3.63) is 29.8 Å². The Morgan fingerprint density at radius 2 is 2.19 bits per heavy atom. The number of hydrogen-bond donors (Lipinski definition) is 1. The molecule has 1 aliphatic rings. The van der Waals surface area contributed by atoms with Crippen LogP contribution in [0.2, 0.25) is 0 Å². The van der Waals surface area contributed by atoms with Crippen LogP contribution in [0.1, 0.15) is 5.56 Å². The summed E-state index contributed by atoms with van der Waals surface area (Å²) in [4.78, 5) is 0. The maximum atomic E-state index is 11.0. The molecule has 0 bridgehead atoms. The standard InChI is InChI=1S/C11H15NO3S/c1-16(13,14)12-7-9-6-10-4-2-3-5-11(10)15-8-9/h2-5,9,12H,6-8H2,1H3. The molecule has 0 radical (unpaired) electrons. The van der Waals surface area contributed by atoms with E-state index in [-0.39, 0.29) is 5.92 Å². The average molecular weight is 241 g/mol. The normalized spacial score (nSPS) is 19.9. The predicted octanol–water partition coefficient (Wildman–Crippen LogP) is 0.787. The Morgan fingerprint density at radius 3 is 2.94 bits per heavy atom. The van der Waals surface area contributed by atoms with Crippen molar-refractivity contribution in [2.75, 3.05) is 19.4 Å². The van der Waals surface area contributed by atoms with Gasteiger partial charge in [-0.05, 0) is 18.1 Å². The van der Waals surface area contributed by atoms with E-state index in [2.05, 4.69) is 4.72 Å². The van der Waals surface area contributed by atoms with E-state index in [1.54, 1.807) is 0 Å². The van der Waals surface area contributed by atoms with E-state index < -0.39 is 10.0 Å². The topological polar surface area (TPSA) is 55.4 Å². The van der Waals surface area contributed by atoms with Crippen molar-refractivity contribution >= 4 is 10.0 Å². The number of para-hydroxylation sites is 1. The van der Waals surface area contributed by atoms with Crippen molar-refractivity contribution in [2.24, 2.45) is 5.92 Å². The van der Waals surface area contributed by atoms with Crippen molar-refractivity contribution in [3.8, 4) is 5.75 Å². The molecule has 1 atom stereocenters. The smallest absolute Gasteiger partial charge is 0.208 e. The van der Waals surface area contributed by atoms with Gasteiger partial charge in [0, 0.05) is 12.5 Å². The molecule has 1 aliphatic heterocycles. The summed E-state index contributed by atoms with van der Waals surface area (Å²) in [5, 5.41) is 0. The van der Waals surface area contributed by atoms with Gasteiger partial charge >= 0.3 is 0 Å². The van der Waals surface area contributed by atoms with Crippen LogP contribution in [-0.4, -0.2) is 27.8 Å². The summed E-state index contributed by atoms with van der Waals surface area (Å²) in [7, 11) is -3.11. The number of fused-ring (bicyclic) bond motifs is 1. The first kappa shape index (κ1) is 11.4. The molecule has 0 saturated heterocycles. The Balaban J connectivity index is 1.98. The van der Waals surface area contributed by atoms with Crippen LogP contribution in [0.15, 0.2) is 24.3 Å². The van der Waals surface area contributed by atoms with Crippen LogP contribution in [0, 0.1) is 5.92 Å². The zero-order chi connectivity index (χ0) is 11.6. The minimum Gasteiger partial charge on any atom is -0.493 e. The summed E-state index contributed by atoms with van der Waals surface area (Å²) in [6.07, 6.45) is 2.03. The fraction of sp³-hybridized carbons (Fsp3) is 0.455. The van der Waals surface area contributed by atoms with Crippen molar-refractivity contribution in [2.45, 2.75) is 6.42 Å². The zero-order valence-electron chi connectivity index (χ0n) is 9.14. The Kier molecular flexibility index (Phi) is 3.16. The Hall–Kier alpha value is -1.07. The monoisotopic (exact) mass is 241 g/mol. The van der Waals surface area contributed by atoms with E-state index >= 15 is 0 Å². The van der Waals surface area contributed by atoms with Gasteiger partial charge in [0.05, 0.1) is 12.9 Å². The molecule has 0 fully saturated rings. The third kappa shape index (κ3) is 2.96. The maximum absolute atomic E-state index is 11.0. The number of benzene rings is 1. The third-order valence-corrected chi connectivity index (χ3v) is 3.28. The summed E-state index contributed by atoms with van der Waals surface area (Å²) in [5.41, 5.74) is 1.15. The molecular formula is C11H15NO3S. The summed E-state index contributed by atoms with van der Waals surface area (Å²) in [6, 6.07) is 7.86. The lowest BCUT2D eigenvalue weighted by Gasteiger charge is -2.25. The molecule has 1 aromatic carbocycles. The lowest BCUT2D eigenvalue weighted by molar-refractivity contribution is 0.223. The van der Waals surface area contributed by atoms with Crippen LogP contribution in [0.3, 0.4) is 0 Å². The highest BCUT2D eigenvalue weighted by Gasteiger charge is 2.20. The van der Waals surface area contributed by atoms with Gasteiger partial charge in [-0.15, -0.1) is 0 Å². The summed E-state index contributed by atoms with van der Waals surface area (Å²) in [6.45, 7) is 1.01.